The van der Waals surface area contributed by atoms with Crippen molar-refractivity contribution in [3.8, 4) is 10.6 Å². The van der Waals surface area contributed by atoms with E-state index < -0.39 is 23.6 Å². The number of anilines is 1. The molecule has 5 nitrogen and oxygen atoms in total. The molecule has 2 amide bonds. The van der Waals surface area contributed by atoms with E-state index >= 15 is 0 Å². The van der Waals surface area contributed by atoms with E-state index in [1.165, 1.54) is 0 Å². The zero-order chi connectivity index (χ0) is 18.7. The molecule has 0 aliphatic carbocycles. The summed E-state index contributed by atoms with van der Waals surface area (Å²) in [6.45, 7) is 1.62. The number of hydrogen-bond donors (Lipinski definition) is 3. The summed E-state index contributed by atoms with van der Waals surface area (Å²) < 4.78 is 51.5. The molecule has 1 aromatic carbocycles. The summed E-state index contributed by atoms with van der Waals surface area (Å²) in [5, 5.41) is 10.4. The normalized spacial score (nSPS) is 17.8. The molecular weight excluding hydrogens is 372 g/mol. The second kappa shape index (κ2) is 7.58. The van der Waals surface area contributed by atoms with Gasteiger partial charge < -0.3 is 10.6 Å². The molecule has 10 heteroatoms. The summed E-state index contributed by atoms with van der Waals surface area (Å²) in [5.41, 5.74) is -1.11. The molecule has 0 bridgehead atoms. The Kier molecular flexibility index (Phi) is 5.42. The van der Waals surface area contributed by atoms with Gasteiger partial charge in [-0.2, -0.15) is 13.2 Å². The molecule has 3 rings (SSSR count). The Morgan fingerprint density at radius 3 is 2.81 bits per heavy atom. The monoisotopic (exact) mass is 388 g/mol. The number of halogens is 4. The number of rotatable bonds is 3. The average Bonchev–Trinajstić information content (AvgIpc) is 3.02. The predicted molar refractivity (Wildman–Crippen MR) is 90.6 cm³/mol. The van der Waals surface area contributed by atoms with Gasteiger partial charge in [0.25, 0.3) is 0 Å². The molecule has 0 saturated carbocycles. The molecule has 1 fully saturated rings. The van der Waals surface area contributed by atoms with Gasteiger partial charge in [-0.25, -0.2) is 14.2 Å². The first-order chi connectivity index (χ1) is 12.3. The Labute approximate surface area is 150 Å². The van der Waals surface area contributed by atoms with Gasteiger partial charge in [-0.3, -0.25) is 5.32 Å². The number of aromatic nitrogens is 1. The van der Waals surface area contributed by atoms with E-state index in [4.69, 9.17) is 0 Å². The number of carbonyl (C=O) groups excluding carboxylic acids is 1. The van der Waals surface area contributed by atoms with E-state index in [2.05, 4.69) is 20.9 Å². The van der Waals surface area contributed by atoms with Crippen LogP contribution >= 0.6 is 11.3 Å². The molecule has 1 saturated heterocycles. The van der Waals surface area contributed by atoms with E-state index in [0.717, 1.165) is 42.9 Å². The molecule has 0 spiro atoms. The van der Waals surface area contributed by atoms with Crippen molar-refractivity contribution < 1.29 is 22.4 Å². The van der Waals surface area contributed by atoms with Crippen LogP contribution in [-0.4, -0.2) is 30.1 Å². The molecule has 140 valence electrons. The van der Waals surface area contributed by atoms with Crippen LogP contribution < -0.4 is 16.0 Å². The van der Waals surface area contributed by atoms with Gasteiger partial charge in [0.1, 0.15) is 16.6 Å². The SMILES string of the molecule is O=C(Nc1csc(-c2ccc(C(F)(F)F)c(F)c2)n1)N[C@H]1CCCNC1. The van der Waals surface area contributed by atoms with Gasteiger partial charge in [0, 0.05) is 23.5 Å². The Morgan fingerprint density at radius 2 is 2.15 bits per heavy atom. The molecule has 2 aromatic rings. The molecule has 0 unspecified atom stereocenters. The first-order valence-corrected chi connectivity index (χ1v) is 8.82. The van der Waals surface area contributed by atoms with Gasteiger partial charge in [0.15, 0.2) is 0 Å². The van der Waals surface area contributed by atoms with Crippen molar-refractivity contribution in [2.24, 2.45) is 0 Å². The van der Waals surface area contributed by atoms with Crippen LogP contribution in [0.15, 0.2) is 23.6 Å². The van der Waals surface area contributed by atoms with Gasteiger partial charge >= 0.3 is 12.2 Å². The van der Waals surface area contributed by atoms with Crippen LogP contribution in [0.2, 0.25) is 0 Å². The number of amides is 2. The summed E-state index contributed by atoms with van der Waals surface area (Å²) in [6, 6.07) is 2.25. The fourth-order valence-corrected chi connectivity index (χ4v) is 3.40. The van der Waals surface area contributed by atoms with Gasteiger partial charge in [0.05, 0.1) is 5.56 Å². The number of urea groups is 1. The van der Waals surface area contributed by atoms with Crippen molar-refractivity contribution in [2.45, 2.75) is 25.1 Å². The maximum atomic E-state index is 13.7. The molecular formula is C16H16F4N4OS. The van der Waals surface area contributed by atoms with Gasteiger partial charge in [-0.05, 0) is 31.5 Å². The standard InChI is InChI=1S/C16H16F4N4OS/c17-12-6-9(3-4-11(12)16(18,19)20)14-23-13(8-26-14)24-15(25)22-10-2-1-5-21-7-10/h3-4,6,8,10,21H,1-2,5,7H2,(H2,22,24,25)/t10-/m0/s1. The fourth-order valence-electron chi connectivity index (χ4n) is 2.65. The number of nitrogens with one attached hydrogen (secondary N) is 3. The maximum Gasteiger partial charge on any atom is 0.419 e. The average molecular weight is 388 g/mol. The molecule has 1 atom stereocenters. The molecule has 2 heterocycles. The Bertz CT molecular complexity index is 787. The van der Waals surface area contributed by atoms with Crippen molar-refractivity contribution in [2.75, 3.05) is 18.4 Å². The van der Waals surface area contributed by atoms with Crippen molar-refractivity contribution in [3.05, 3.63) is 35.0 Å². The smallest absolute Gasteiger partial charge is 0.334 e. The maximum absolute atomic E-state index is 13.7. The minimum absolute atomic E-state index is 0.0332. The fraction of sp³-hybridized carbons (Fsp3) is 0.375. The van der Waals surface area contributed by atoms with Crippen molar-refractivity contribution in [1.29, 1.82) is 0 Å². The van der Waals surface area contributed by atoms with Crippen LogP contribution in [0.4, 0.5) is 28.2 Å². The number of hydrogen-bond acceptors (Lipinski definition) is 4. The molecule has 3 N–H and O–H groups in total. The predicted octanol–water partition coefficient (Wildman–Crippen LogP) is 3.84. The van der Waals surface area contributed by atoms with Crippen LogP contribution in [0.25, 0.3) is 10.6 Å². The lowest BCUT2D eigenvalue weighted by Crippen LogP contribution is -2.47. The van der Waals surface area contributed by atoms with Crippen LogP contribution in [-0.2, 0) is 6.18 Å². The van der Waals surface area contributed by atoms with Crippen LogP contribution in [0.5, 0.6) is 0 Å². The van der Waals surface area contributed by atoms with E-state index in [1.807, 2.05) is 0 Å². The second-order valence-corrected chi connectivity index (χ2v) is 6.73. The summed E-state index contributed by atoms with van der Waals surface area (Å²) >= 11 is 1.10. The summed E-state index contributed by atoms with van der Waals surface area (Å²) in [7, 11) is 0. The summed E-state index contributed by atoms with van der Waals surface area (Å²) in [4.78, 5) is 16.1. The van der Waals surface area contributed by atoms with E-state index in [-0.39, 0.29) is 17.4 Å². The second-order valence-electron chi connectivity index (χ2n) is 5.87. The third-order valence-corrected chi connectivity index (χ3v) is 4.79. The number of piperidine rings is 1. The minimum Gasteiger partial charge on any atom is -0.334 e. The number of carbonyl (C=O) groups is 1. The first kappa shape index (κ1) is 18.6. The zero-order valence-corrected chi connectivity index (χ0v) is 14.3. The number of thiazole rings is 1. The van der Waals surface area contributed by atoms with Crippen molar-refractivity contribution in [1.82, 2.24) is 15.6 Å². The number of benzene rings is 1. The lowest BCUT2D eigenvalue weighted by Gasteiger charge is -2.23. The Morgan fingerprint density at radius 1 is 1.35 bits per heavy atom. The first-order valence-electron chi connectivity index (χ1n) is 7.94. The van der Waals surface area contributed by atoms with Crippen LogP contribution in [0.3, 0.4) is 0 Å². The summed E-state index contributed by atoms with van der Waals surface area (Å²) in [5.74, 6) is -1.10. The molecule has 26 heavy (non-hydrogen) atoms. The Balaban J connectivity index is 1.66. The van der Waals surface area contributed by atoms with Crippen molar-refractivity contribution in [3.63, 3.8) is 0 Å². The summed E-state index contributed by atoms with van der Waals surface area (Å²) in [6.07, 6.45) is -2.89. The highest BCUT2D eigenvalue weighted by molar-refractivity contribution is 7.13. The lowest BCUT2D eigenvalue weighted by atomic mass is 10.1. The quantitative estimate of drug-likeness (QED) is 0.700. The molecule has 0 radical (unpaired) electrons. The number of nitrogens with zero attached hydrogens (tertiary/aromatic N) is 1. The third kappa shape index (κ3) is 4.50. The highest BCUT2D eigenvalue weighted by Gasteiger charge is 2.34. The third-order valence-electron chi connectivity index (χ3n) is 3.90. The van der Waals surface area contributed by atoms with Gasteiger partial charge in [0.2, 0.25) is 0 Å². The Hall–Kier alpha value is -2.20. The van der Waals surface area contributed by atoms with Gasteiger partial charge in [-0.15, -0.1) is 11.3 Å². The highest BCUT2D eigenvalue weighted by atomic mass is 32.1. The minimum atomic E-state index is -4.75. The highest BCUT2D eigenvalue weighted by Crippen LogP contribution is 2.34. The van der Waals surface area contributed by atoms with Gasteiger partial charge in [-0.1, -0.05) is 6.07 Å². The van der Waals surface area contributed by atoms with E-state index in [0.29, 0.717) is 17.6 Å². The zero-order valence-electron chi connectivity index (χ0n) is 13.5. The molecule has 1 aliphatic rings. The largest absolute Gasteiger partial charge is 0.419 e. The van der Waals surface area contributed by atoms with Crippen LogP contribution in [0, 0.1) is 5.82 Å². The lowest BCUT2D eigenvalue weighted by molar-refractivity contribution is -0.139. The number of alkyl halides is 3. The van der Waals surface area contributed by atoms with E-state index in [9.17, 15) is 22.4 Å². The molecule has 1 aliphatic heterocycles. The topological polar surface area (TPSA) is 66.0 Å². The van der Waals surface area contributed by atoms with Crippen LogP contribution in [0.1, 0.15) is 18.4 Å². The van der Waals surface area contributed by atoms with Crippen molar-refractivity contribution >= 4 is 23.2 Å². The van der Waals surface area contributed by atoms with E-state index in [1.54, 1.807) is 5.38 Å². The molecule has 1 aromatic heterocycles.